The zero-order valence-electron chi connectivity index (χ0n) is 19.2. The first kappa shape index (κ1) is 26.6. The van der Waals surface area contributed by atoms with Crippen molar-refractivity contribution in [3.63, 3.8) is 0 Å². The smallest absolute Gasteiger partial charge is 0.327 e. The quantitative estimate of drug-likeness (QED) is 0.440. The van der Waals surface area contributed by atoms with Gasteiger partial charge in [0.15, 0.2) is 10.8 Å². The van der Waals surface area contributed by atoms with Crippen molar-refractivity contribution in [1.29, 1.82) is 10.5 Å². The van der Waals surface area contributed by atoms with Gasteiger partial charge >= 0.3 is 11.9 Å². The van der Waals surface area contributed by atoms with Crippen LogP contribution in [0.2, 0.25) is 0 Å². The maximum atomic E-state index is 13.7. The number of methoxy groups -OCH3 is 2. The van der Waals surface area contributed by atoms with E-state index in [2.05, 4.69) is 44.0 Å². The van der Waals surface area contributed by atoms with Crippen molar-refractivity contribution in [2.45, 2.75) is 25.2 Å². The lowest BCUT2D eigenvalue weighted by molar-refractivity contribution is -0.167. The van der Waals surface area contributed by atoms with Gasteiger partial charge in [-0.25, -0.2) is 0 Å². The third kappa shape index (κ3) is 4.28. The number of nitriles is 2. The van der Waals surface area contributed by atoms with Gasteiger partial charge in [-0.15, -0.1) is 0 Å². The van der Waals surface area contributed by atoms with Crippen LogP contribution in [0.25, 0.3) is 0 Å². The van der Waals surface area contributed by atoms with E-state index in [1.165, 1.54) is 6.92 Å². The van der Waals surface area contributed by atoms with Crippen LogP contribution in [0.4, 0.5) is 0 Å². The van der Waals surface area contributed by atoms with Gasteiger partial charge in [0.2, 0.25) is 0 Å². The van der Waals surface area contributed by atoms with E-state index in [1.807, 2.05) is 0 Å². The number of rotatable bonds is 5. The minimum atomic E-state index is -2.10. The van der Waals surface area contributed by atoms with E-state index in [0.29, 0.717) is 11.1 Å². The Morgan fingerprint density at radius 1 is 0.857 bits per heavy atom. The van der Waals surface area contributed by atoms with Crippen LogP contribution in [0.5, 0.6) is 0 Å². The number of ether oxygens (including phenoxy) is 2. The maximum absolute atomic E-state index is 13.7. The normalized spacial score (nSPS) is 27.7. The van der Waals surface area contributed by atoms with E-state index in [9.17, 15) is 24.9 Å². The number of benzene rings is 2. The highest BCUT2D eigenvalue weighted by Crippen LogP contribution is 2.64. The summed E-state index contributed by atoms with van der Waals surface area (Å²) >= 11 is 6.75. The fourth-order valence-electron chi connectivity index (χ4n) is 5.35. The summed E-state index contributed by atoms with van der Waals surface area (Å²) in [5, 5.41) is 21.2. The summed E-state index contributed by atoms with van der Waals surface area (Å²) in [4.78, 5) is 40.0. The first-order chi connectivity index (χ1) is 16.6. The van der Waals surface area contributed by atoms with Crippen molar-refractivity contribution in [3.05, 3.63) is 68.6 Å². The third-order valence-corrected chi connectivity index (χ3v) is 7.85. The predicted molar refractivity (Wildman–Crippen MR) is 133 cm³/mol. The van der Waals surface area contributed by atoms with Crippen LogP contribution in [0.15, 0.2) is 57.5 Å². The van der Waals surface area contributed by atoms with Gasteiger partial charge in [-0.3, -0.25) is 14.4 Å². The zero-order valence-corrected chi connectivity index (χ0v) is 22.4. The molecule has 0 bridgehead atoms. The minimum Gasteiger partial charge on any atom is -0.468 e. The van der Waals surface area contributed by atoms with Crippen molar-refractivity contribution >= 4 is 49.6 Å². The van der Waals surface area contributed by atoms with E-state index in [0.717, 1.165) is 23.2 Å². The Hall–Kier alpha value is -3.01. The number of hydrogen-bond donors (Lipinski definition) is 0. The standard InChI is InChI=1S/C26H22Br2N2O5/c1-15(31)20-12-25(13-29,23(32)34-2)22(17-6-10-19(28)11-7-17)26(14-30,24(33)35-3)21(20)16-4-8-18(27)9-5-16/h4-11,20-22H,12H2,1-3H3/t20-,21-,22+,25+,26+/m0/s1. The molecule has 0 radical (unpaired) electrons. The molecule has 35 heavy (non-hydrogen) atoms. The number of carbonyl (C=O) groups is 3. The molecule has 5 atom stereocenters. The summed E-state index contributed by atoms with van der Waals surface area (Å²) in [6.07, 6.45) is -0.229. The number of hydrogen-bond acceptors (Lipinski definition) is 7. The van der Waals surface area contributed by atoms with Crippen molar-refractivity contribution < 1.29 is 23.9 Å². The Morgan fingerprint density at radius 2 is 1.34 bits per heavy atom. The summed E-state index contributed by atoms with van der Waals surface area (Å²) < 4.78 is 11.7. The first-order valence-corrected chi connectivity index (χ1v) is 12.2. The summed E-state index contributed by atoms with van der Waals surface area (Å²) in [6.45, 7) is 1.33. The lowest BCUT2D eigenvalue weighted by atomic mass is 9.45. The van der Waals surface area contributed by atoms with Crippen LogP contribution in [-0.4, -0.2) is 31.9 Å². The Morgan fingerprint density at radius 3 is 1.74 bits per heavy atom. The number of carbonyl (C=O) groups excluding carboxylic acids is 3. The first-order valence-electron chi connectivity index (χ1n) is 10.6. The monoisotopic (exact) mass is 600 g/mol. The SMILES string of the molecule is COC(=O)[C@]1(C#N)[C@@H](c2ccc(Br)cc2)[C@H](C(C)=O)C[C@](C#N)(C(=O)OC)[C@H]1c1ccc(Br)cc1. The molecule has 180 valence electrons. The van der Waals surface area contributed by atoms with Crippen LogP contribution < -0.4 is 0 Å². The van der Waals surface area contributed by atoms with Gasteiger partial charge in [0.05, 0.1) is 26.4 Å². The van der Waals surface area contributed by atoms with Crippen molar-refractivity contribution in [1.82, 2.24) is 0 Å². The summed E-state index contributed by atoms with van der Waals surface area (Å²) in [7, 11) is 2.28. The van der Waals surface area contributed by atoms with E-state index in [1.54, 1.807) is 48.5 Å². The fourth-order valence-corrected chi connectivity index (χ4v) is 5.88. The zero-order chi connectivity index (χ0) is 26.0. The van der Waals surface area contributed by atoms with E-state index >= 15 is 0 Å². The molecule has 1 aliphatic rings. The second-order valence-corrected chi connectivity index (χ2v) is 10.3. The van der Waals surface area contributed by atoms with Crippen LogP contribution in [0.1, 0.15) is 36.3 Å². The molecule has 1 fully saturated rings. The molecule has 1 aliphatic carbocycles. The molecule has 7 nitrogen and oxygen atoms in total. The number of ketones is 1. The van der Waals surface area contributed by atoms with Gasteiger partial charge in [-0.05, 0) is 48.7 Å². The molecule has 2 aromatic rings. The van der Waals surface area contributed by atoms with Gasteiger partial charge in [0, 0.05) is 26.7 Å². The maximum Gasteiger partial charge on any atom is 0.327 e. The highest BCUT2D eigenvalue weighted by atomic mass is 79.9. The molecule has 0 saturated heterocycles. The summed E-state index contributed by atoms with van der Waals surface area (Å²) in [5.74, 6) is -5.51. The molecule has 3 rings (SSSR count). The molecule has 0 amide bonds. The van der Waals surface area contributed by atoms with Gasteiger partial charge in [-0.1, -0.05) is 56.1 Å². The predicted octanol–water partition coefficient (Wildman–Crippen LogP) is 5.05. The summed E-state index contributed by atoms with van der Waals surface area (Å²) in [6, 6.07) is 17.8. The van der Waals surface area contributed by atoms with E-state index in [-0.39, 0.29) is 12.2 Å². The largest absolute Gasteiger partial charge is 0.468 e. The average molecular weight is 602 g/mol. The molecule has 0 unspecified atom stereocenters. The van der Waals surface area contributed by atoms with Crippen molar-refractivity contribution in [2.24, 2.45) is 16.7 Å². The van der Waals surface area contributed by atoms with E-state index in [4.69, 9.17) is 9.47 Å². The minimum absolute atomic E-state index is 0.229. The van der Waals surface area contributed by atoms with Crippen LogP contribution >= 0.6 is 31.9 Å². The van der Waals surface area contributed by atoms with Crippen molar-refractivity contribution in [3.8, 4) is 12.1 Å². The molecule has 0 aromatic heterocycles. The van der Waals surface area contributed by atoms with Gasteiger partial charge < -0.3 is 9.47 Å². The molecule has 0 aliphatic heterocycles. The fraction of sp³-hybridized carbons (Fsp3) is 0.346. The number of nitrogens with zero attached hydrogens (tertiary/aromatic N) is 2. The van der Waals surface area contributed by atoms with E-state index < -0.39 is 40.5 Å². The second-order valence-electron chi connectivity index (χ2n) is 8.48. The lowest BCUT2D eigenvalue weighted by Crippen LogP contribution is -2.59. The number of esters is 2. The number of halogens is 2. The third-order valence-electron chi connectivity index (χ3n) is 6.79. The van der Waals surface area contributed by atoms with Crippen molar-refractivity contribution in [2.75, 3.05) is 14.2 Å². The van der Waals surface area contributed by atoms with Gasteiger partial charge in [0.25, 0.3) is 0 Å². The molecule has 2 aromatic carbocycles. The Bertz CT molecular complexity index is 1230. The van der Waals surface area contributed by atoms with Crippen LogP contribution in [-0.2, 0) is 23.9 Å². The average Bonchev–Trinajstić information content (AvgIpc) is 2.87. The Kier molecular flexibility index (Phi) is 7.83. The molecule has 0 N–H and O–H groups in total. The van der Waals surface area contributed by atoms with Crippen LogP contribution in [0.3, 0.4) is 0 Å². The van der Waals surface area contributed by atoms with Gasteiger partial charge in [0.1, 0.15) is 5.78 Å². The topological polar surface area (TPSA) is 117 Å². The number of Topliss-reactive ketones (excluding diaryl/α,β-unsaturated/α-hetero) is 1. The lowest BCUT2D eigenvalue weighted by Gasteiger charge is -2.52. The molecular formula is C26H22Br2N2O5. The van der Waals surface area contributed by atoms with Gasteiger partial charge in [-0.2, -0.15) is 10.5 Å². The molecule has 1 saturated carbocycles. The van der Waals surface area contributed by atoms with Crippen LogP contribution in [0, 0.1) is 39.4 Å². The highest BCUT2D eigenvalue weighted by molar-refractivity contribution is 9.10. The summed E-state index contributed by atoms with van der Waals surface area (Å²) in [5.41, 5.74) is -3.17. The molecule has 0 spiro atoms. The molecular weight excluding hydrogens is 580 g/mol. The second kappa shape index (κ2) is 10.3. The Labute approximate surface area is 220 Å². The molecule has 9 heteroatoms. The Balaban J connectivity index is 2.52. The molecule has 0 heterocycles. The highest BCUT2D eigenvalue weighted by Gasteiger charge is 2.71.